The van der Waals surface area contributed by atoms with Crippen LogP contribution in [-0.2, 0) is 0 Å². The van der Waals surface area contributed by atoms with Gasteiger partial charge in [-0.25, -0.2) is 15.0 Å². The molecule has 1 aliphatic rings. The minimum absolute atomic E-state index is 0.459. The van der Waals surface area contributed by atoms with E-state index >= 15 is 0 Å². The zero-order valence-electron chi connectivity index (χ0n) is 8.30. The molecule has 5 heteroatoms. The highest BCUT2D eigenvalue weighted by Crippen LogP contribution is 2.31. The molecule has 0 bridgehead atoms. The monoisotopic (exact) mass is 202 g/mol. The van der Waals surface area contributed by atoms with Crippen LogP contribution in [0.15, 0.2) is 12.7 Å². The number of rotatable bonds is 1. The molecule has 1 aliphatic carbocycles. The third kappa shape index (κ3) is 1.26. The molecule has 0 saturated heterocycles. The van der Waals surface area contributed by atoms with E-state index in [1.807, 2.05) is 6.33 Å². The second-order valence-electron chi connectivity index (χ2n) is 3.84. The SMILES string of the molecule is Nc1ncnc2c1ncn2C1C[CH]CC1. The van der Waals surface area contributed by atoms with E-state index in [2.05, 4.69) is 25.9 Å². The van der Waals surface area contributed by atoms with Crippen LogP contribution in [0.5, 0.6) is 0 Å². The number of fused-ring (bicyclic) bond motifs is 1. The molecule has 0 aromatic carbocycles. The number of imidazole rings is 1. The highest BCUT2D eigenvalue weighted by atomic mass is 15.1. The summed E-state index contributed by atoms with van der Waals surface area (Å²) in [4.78, 5) is 12.4. The number of hydrogen-bond donors (Lipinski definition) is 1. The molecule has 5 nitrogen and oxygen atoms in total. The summed E-state index contributed by atoms with van der Waals surface area (Å²) in [5.41, 5.74) is 7.30. The Kier molecular flexibility index (Phi) is 1.83. The summed E-state index contributed by atoms with van der Waals surface area (Å²) in [6, 6.07) is 0.490. The van der Waals surface area contributed by atoms with Gasteiger partial charge in [-0.05, 0) is 25.7 Å². The Morgan fingerprint density at radius 3 is 3.07 bits per heavy atom. The van der Waals surface area contributed by atoms with Gasteiger partial charge in [0.2, 0.25) is 0 Å². The van der Waals surface area contributed by atoms with E-state index in [0.29, 0.717) is 17.4 Å². The molecule has 2 aromatic heterocycles. The van der Waals surface area contributed by atoms with Gasteiger partial charge in [-0.2, -0.15) is 0 Å². The van der Waals surface area contributed by atoms with Crippen molar-refractivity contribution in [1.82, 2.24) is 19.5 Å². The third-order valence-electron chi connectivity index (χ3n) is 2.92. The van der Waals surface area contributed by atoms with Gasteiger partial charge in [0.25, 0.3) is 0 Å². The highest BCUT2D eigenvalue weighted by molar-refractivity contribution is 5.81. The van der Waals surface area contributed by atoms with Crippen molar-refractivity contribution in [1.29, 1.82) is 0 Å². The minimum atomic E-state index is 0.459. The quantitative estimate of drug-likeness (QED) is 0.757. The molecule has 2 N–H and O–H groups in total. The van der Waals surface area contributed by atoms with Crippen molar-refractivity contribution in [3.8, 4) is 0 Å². The van der Waals surface area contributed by atoms with Crippen molar-refractivity contribution >= 4 is 17.0 Å². The van der Waals surface area contributed by atoms with Gasteiger partial charge in [-0.15, -0.1) is 0 Å². The molecule has 2 aromatic rings. The van der Waals surface area contributed by atoms with Gasteiger partial charge in [-0.1, -0.05) is 0 Å². The van der Waals surface area contributed by atoms with Crippen LogP contribution >= 0.6 is 0 Å². The van der Waals surface area contributed by atoms with E-state index in [-0.39, 0.29) is 0 Å². The number of anilines is 1. The van der Waals surface area contributed by atoms with Gasteiger partial charge < -0.3 is 10.3 Å². The van der Waals surface area contributed by atoms with E-state index < -0.39 is 0 Å². The van der Waals surface area contributed by atoms with Crippen LogP contribution in [0, 0.1) is 6.42 Å². The topological polar surface area (TPSA) is 69.6 Å². The summed E-state index contributed by atoms with van der Waals surface area (Å²) in [6.07, 6.45) is 9.05. The largest absolute Gasteiger partial charge is 0.382 e. The van der Waals surface area contributed by atoms with Gasteiger partial charge in [0.15, 0.2) is 11.5 Å². The van der Waals surface area contributed by atoms with Crippen LogP contribution in [0.25, 0.3) is 11.2 Å². The predicted molar refractivity (Wildman–Crippen MR) is 56.9 cm³/mol. The van der Waals surface area contributed by atoms with Crippen molar-refractivity contribution in [3.05, 3.63) is 19.1 Å². The molecule has 1 radical (unpaired) electrons. The Balaban J connectivity index is 2.15. The zero-order chi connectivity index (χ0) is 10.3. The summed E-state index contributed by atoms with van der Waals surface area (Å²) < 4.78 is 2.11. The van der Waals surface area contributed by atoms with Crippen molar-refractivity contribution in [3.63, 3.8) is 0 Å². The number of hydrogen-bond acceptors (Lipinski definition) is 4. The van der Waals surface area contributed by atoms with Gasteiger partial charge in [0.1, 0.15) is 11.8 Å². The van der Waals surface area contributed by atoms with E-state index in [0.717, 1.165) is 18.5 Å². The average molecular weight is 202 g/mol. The van der Waals surface area contributed by atoms with Crippen LogP contribution in [0.1, 0.15) is 25.3 Å². The van der Waals surface area contributed by atoms with Crippen molar-refractivity contribution < 1.29 is 0 Å². The molecule has 15 heavy (non-hydrogen) atoms. The van der Waals surface area contributed by atoms with Crippen LogP contribution in [-0.4, -0.2) is 19.5 Å². The first-order valence-electron chi connectivity index (χ1n) is 5.11. The van der Waals surface area contributed by atoms with Crippen LogP contribution in [0.3, 0.4) is 0 Å². The summed E-state index contributed by atoms with van der Waals surface area (Å²) in [6.45, 7) is 0. The molecular formula is C10H12N5. The molecule has 0 amide bonds. The fraction of sp³-hybridized carbons (Fsp3) is 0.400. The molecule has 1 atom stereocenters. The third-order valence-corrected chi connectivity index (χ3v) is 2.92. The minimum Gasteiger partial charge on any atom is -0.382 e. The summed E-state index contributed by atoms with van der Waals surface area (Å²) >= 11 is 0. The Labute approximate surface area is 87.3 Å². The molecule has 77 valence electrons. The molecule has 1 saturated carbocycles. The number of aromatic nitrogens is 4. The van der Waals surface area contributed by atoms with Crippen molar-refractivity contribution in [2.45, 2.75) is 25.3 Å². The molecule has 3 rings (SSSR count). The maximum atomic E-state index is 5.73. The lowest BCUT2D eigenvalue weighted by Gasteiger charge is -2.10. The highest BCUT2D eigenvalue weighted by Gasteiger charge is 2.20. The first-order chi connectivity index (χ1) is 7.36. The lowest BCUT2D eigenvalue weighted by molar-refractivity contribution is 0.535. The predicted octanol–water partition coefficient (Wildman–Crippen LogP) is 1.34. The van der Waals surface area contributed by atoms with Gasteiger partial charge in [-0.3, -0.25) is 0 Å². The Bertz CT molecular complexity index is 484. The molecule has 2 heterocycles. The van der Waals surface area contributed by atoms with Crippen LogP contribution in [0.4, 0.5) is 5.82 Å². The summed E-state index contributed by atoms with van der Waals surface area (Å²) in [5.74, 6) is 0.459. The lowest BCUT2D eigenvalue weighted by Crippen LogP contribution is -2.04. The van der Waals surface area contributed by atoms with Gasteiger partial charge >= 0.3 is 0 Å². The first kappa shape index (κ1) is 8.64. The maximum absolute atomic E-state index is 5.73. The Morgan fingerprint density at radius 1 is 1.33 bits per heavy atom. The Hall–Kier alpha value is -1.65. The second-order valence-corrected chi connectivity index (χ2v) is 3.84. The zero-order valence-corrected chi connectivity index (χ0v) is 8.30. The summed E-state index contributed by atoms with van der Waals surface area (Å²) in [7, 11) is 0. The lowest BCUT2D eigenvalue weighted by atomic mass is 10.2. The molecule has 1 fully saturated rings. The Morgan fingerprint density at radius 2 is 2.27 bits per heavy atom. The van der Waals surface area contributed by atoms with Crippen LogP contribution < -0.4 is 5.73 Å². The smallest absolute Gasteiger partial charge is 0.165 e. The van der Waals surface area contributed by atoms with E-state index in [1.165, 1.54) is 12.7 Å². The average Bonchev–Trinajstić information content (AvgIpc) is 2.85. The van der Waals surface area contributed by atoms with Crippen molar-refractivity contribution in [2.75, 3.05) is 5.73 Å². The van der Waals surface area contributed by atoms with Crippen molar-refractivity contribution in [2.24, 2.45) is 0 Å². The van der Waals surface area contributed by atoms with Gasteiger partial charge in [0.05, 0.1) is 6.33 Å². The summed E-state index contributed by atoms with van der Waals surface area (Å²) in [5, 5.41) is 0. The normalized spacial score (nSPS) is 17.6. The van der Waals surface area contributed by atoms with E-state index in [1.54, 1.807) is 0 Å². The molecule has 0 aliphatic heterocycles. The van der Waals surface area contributed by atoms with E-state index in [9.17, 15) is 0 Å². The van der Waals surface area contributed by atoms with Gasteiger partial charge in [0, 0.05) is 6.04 Å². The maximum Gasteiger partial charge on any atom is 0.165 e. The number of nitrogens with two attached hydrogens (primary N) is 1. The number of nitrogen functional groups attached to an aromatic ring is 1. The molecule has 0 spiro atoms. The fourth-order valence-electron chi connectivity index (χ4n) is 2.13. The van der Waals surface area contributed by atoms with E-state index in [4.69, 9.17) is 5.73 Å². The second kappa shape index (κ2) is 3.18. The fourth-order valence-corrected chi connectivity index (χ4v) is 2.13. The number of nitrogens with zero attached hydrogens (tertiary/aromatic N) is 4. The van der Waals surface area contributed by atoms with Crippen LogP contribution in [0.2, 0.25) is 0 Å². The molecule has 1 unspecified atom stereocenters. The first-order valence-corrected chi connectivity index (χ1v) is 5.11. The standard InChI is InChI=1S/C10H12N5/c11-9-8-10(13-5-12-9)15(6-14-8)7-3-1-2-4-7/h1,5-7H,2-4H2,(H2,11,12,13). The molecular weight excluding hydrogens is 190 g/mol.